The second-order valence-electron chi connectivity index (χ2n) is 5.07. The number of nitrogens with two attached hydrogens (primary N) is 1. The maximum atomic E-state index is 11.6. The lowest BCUT2D eigenvalue weighted by molar-refractivity contribution is -0.228. The summed E-state index contributed by atoms with van der Waals surface area (Å²) >= 11 is 0. The van der Waals surface area contributed by atoms with E-state index in [0.717, 1.165) is 19.4 Å². The summed E-state index contributed by atoms with van der Waals surface area (Å²) in [6, 6.07) is 0. The quantitative estimate of drug-likeness (QED) is 0.424. The van der Waals surface area contributed by atoms with E-state index in [9.17, 15) is 4.79 Å². The van der Waals surface area contributed by atoms with Gasteiger partial charge in [0.2, 0.25) is 0 Å². The Balaban J connectivity index is 2.28. The monoisotopic (exact) mass is 214 g/mol. The van der Waals surface area contributed by atoms with Crippen molar-refractivity contribution < 1.29 is 14.7 Å². The van der Waals surface area contributed by atoms with Crippen LogP contribution in [0.4, 0.5) is 0 Å². The Morgan fingerprint density at radius 2 is 2.27 bits per heavy atom. The van der Waals surface area contributed by atoms with Gasteiger partial charge in [0.25, 0.3) is 5.91 Å². The van der Waals surface area contributed by atoms with E-state index in [2.05, 4.69) is 0 Å². The van der Waals surface area contributed by atoms with Crippen molar-refractivity contribution in [2.24, 2.45) is 17.1 Å². The van der Waals surface area contributed by atoms with Gasteiger partial charge in [-0.25, -0.2) is 5.48 Å². The van der Waals surface area contributed by atoms with Gasteiger partial charge in [-0.3, -0.25) is 10.0 Å². The lowest BCUT2D eigenvalue weighted by Gasteiger charge is -2.64. The topological polar surface area (TPSA) is 84.6 Å². The molecule has 5 heteroatoms. The molecule has 0 radical (unpaired) electrons. The maximum Gasteiger partial charge on any atom is 0.264 e. The summed E-state index contributed by atoms with van der Waals surface area (Å²) in [7, 11) is 0. The second kappa shape index (κ2) is 3.17. The third-order valence-corrected chi connectivity index (χ3v) is 4.16. The van der Waals surface area contributed by atoms with Gasteiger partial charge in [0.15, 0.2) is 0 Å². The molecule has 0 spiro atoms. The highest BCUT2D eigenvalue weighted by molar-refractivity contribution is 5.88. The van der Waals surface area contributed by atoms with Crippen LogP contribution in [0.5, 0.6) is 0 Å². The van der Waals surface area contributed by atoms with Crippen LogP contribution in [0.25, 0.3) is 0 Å². The van der Waals surface area contributed by atoms with Gasteiger partial charge in [-0.1, -0.05) is 13.8 Å². The summed E-state index contributed by atoms with van der Waals surface area (Å²) in [6.45, 7) is 4.56. The first-order valence-electron chi connectivity index (χ1n) is 5.31. The average Bonchev–Trinajstić information content (AvgIpc) is 2.26. The van der Waals surface area contributed by atoms with E-state index in [-0.39, 0.29) is 12.0 Å². The van der Waals surface area contributed by atoms with Gasteiger partial charge in [0, 0.05) is 17.9 Å². The van der Waals surface area contributed by atoms with Crippen molar-refractivity contribution in [2.45, 2.75) is 38.3 Å². The molecule has 1 saturated carbocycles. The zero-order chi connectivity index (χ0) is 11.3. The van der Waals surface area contributed by atoms with Crippen LogP contribution in [0.2, 0.25) is 0 Å². The molecule has 3 atom stereocenters. The zero-order valence-electron chi connectivity index (χ0n) is 9.12. The van der Waals surface area contributed by atoms with Gasteiger partial charge in [-0.05, 0) is 12.8 Å². The molecule has 5 nitrogen and oxygen atoms in total. The van der Waals surface area contributed by atoms with Crippen LogP contribution in [0, 0.1) is 11.3 Å². The van der Waals surface area contributed by atoms with Crippen LogP contribution in [0.15, 0.2) is 0 Å². The minimum atomic E-state index is -1.01. The molecule has 1 saturated heterocycles. The van der Waals surface area contributed by atoms with Crippen LogP contribution in [-0.4, -0.2) is 29.4 Å². The second-order valence-corrected chi connectivity index (χ2v) is 5.07. The molecule has 2 rings (SSSR count). The summed E-state index contributed by atoms with van der Waals surface area (Å²) in [4.78, 5) is 11.6. The van der Waals surface area contributed by atoms with Gasteiger partial charge >= 0.3 is 0 Å². The molecule has 2 fully saturated rings. The summed E-state index contributed by atoms with van der Waals surface area (Å²) in [6.07, 6.45) is 1.85. The number of hydroxylamine groups is 1. The molecule has 3 unspecified atom stereocenters. The number of carbonyl (C=O) groups is 1. The largest absolute Gasteiger partial charge is 0.377 e. The number of rotatable bonds is 1. The predicted molar refractivity (Wildman–Crippen MR) is 53.1 cm³/mol. The highest BCUT2D eigenvalue weighted by Gasteiger charge is 2.70. The first-order chi connectivity index (χ1) is 6.96. The highest BCUT2D eigenvalue weighted by Crippen LogP contribution is 2.57. The highest BCUT2D eigenvalue weighted by atomic mass is 16.5. The third-order valence-electron chi connectivity index (χ3n) is 4.16. The molecule has 0 bridgehead atoms. The molecule has 0 aromatic carbocycles. The van der Waals surface area contributed by atoms with E-state index in [1.807, 2.05) is 13.8 Å². The van der Waals surface area contributed by atoms with Crippen LogP contribution in [0.3, 0.4) is 0 Å². The van der Waals surface area contributed by atoms with E-state index in [1.165, 1.54) is 0 Å². The van der Waals surface area contributed by atoms with Gasteiger partial charge in [-0.2, -0.15) is 0 Å². The van der Waals surface area contributed by atoms with E-state index in [4.69, 9.17) is 15.7 Å². The molecular weight excluding hydrogens is 196 g/mol. The van der Waals surface area contributed by atoms with Crippen molar-refractivity contribution in [3.63, 3.8) is 0 Å². The van der Waals surface area contributed by atoms with Gasteiger partial charge < -0.3 is 10.5 Å². The van der Waals surface area contributed by atoms with Gasteiger partial charge in [0.05, 0.1) is 6.10 Å². The van der Waals surface area contributed by atoms with Gasteiger partial charge in [-0.15, -0.1) is 0 Å². The molecule has 1 aliphatic carbocycles. The normalized spacial score (nSPS) is 42.7. The molecule has 1 aliphatic heterocycles. The Morgan fingerprint density at radius 1 is 1.60 bits per heavy atom. The molecular formula is C10H18N2O3. The fraction of sp³-hybridized carbons (Fsp3) is 0.900. The lowest BCUT2D eigenvalue weighted by atomic mass is 9.46. The van der Waals surface area contributed by atoms with Crippen molar-refractivity contribution in [1.82, 2.24) is 5.48 Å². The summed E-state index contributed by atoms with van der Waals surface area (Å²) in [5.41, 5.74) is 6.38. The summed E-state index contributed by atoms with van der Waals surface area (Å²) in [5.74, 6) is -0.479. The standard InChI is InChI=1S/C10H18N2O3/c1-9(2)7-6(4-3-5-15-7)10(9,11)8(13)12-14/h6-7,14H,3-5,11H2,1-2H3,(H,12,13). The van der Waals surface area contributed by atoms with Crippen LogP contribution in [0.1, 0.15) is 26.7 Å². The Morgan fingerprint density at radius 3 is 2.87 bits per heavy atom. The first kappa shape index (κ1) is 10.9. The fourth-order valence-corrected chi connectivity index (χ4v) is 3.13. The van der Waals surface area contributed by atoms with Crippen LogP contribution in [-0.2, 0) is 9.53 Å². The van der Waals surface area contributed by atoms with E-state index >= 15 is 0 Å². The van der Waals surface area contributed by atoms with Crippen LogP contribution < -0.4 is 11.2 Å². The van der Waals surface area contributed by atoms with E-state index in [0.29, 0.717) is 0 Å². The smallest absolute Gasteiger partial charge is 0.264 e. The molecule has 1 amide bonds. The molecule has 4 N–H and O–H groups in total. The average molecular weight is 214 g/mol. The molecule has 86 valence electrons. The number of hydrogen-bond donors (Lipinski definition) is 3. The number of amides is 1. The number of carbonyl (C=O) groups excluding carboxylic acids is 1. The fourth-order valence-electron chi connectivity index (χ4n) is 3.13. The van der Waals surface area contributed by atoms with Gasteiger partial charge in [0.1, 0.15) is 5.54 Å². The number of hydrogen-bond acceptors (Lipinski definition) is 4. The van der Waals surface area contributed by atoms with Crippen molar-refractivity contribution in [3.05, 3.63) is 0 Å². The van der Waals surface area contributed by atoms with E-state index < -0.39 is 16.9 Å². The molecule has 15 heavy (non-hydrogen) atoms. The molecule has 2 aliphatic rings. The van der Waals surface area contributed by atoms with E-state index in [1.54, 1.807) is 5.48 Å². The Bertz CT molecular complexity index is 292. The molecule has 1 heterocycles. The summed E-state index contributed by atoms with van der Waals surface area (Å²) < 4.78 is 5.64. The number of ether oxygens (including phenoxy) is 1. The third kappa shape index (κ3) is 1.11. The Kier molecular flexibility index (Phi) is 2.29. The lowest BCUT2D eigenvalue weighted by Crippen LogP contribution is -2.82. The van der Waals surface area contributed by atoms with Crippen molar-refractivity contribution in [2.75, 3.05) is 6.61 Å². The van der Waals surface area contributed by atoms with Crippen molar-refractivity contribution in [1.29, 1.82) is 0 Å². The predicted octanol–water partition coefficient (Wildman–Crippen LogP) is 0.0243. The molecule has 0 aromatic rings. The van der Waals surface area contributed by atoms with Crippen molar-refractivity contribution in [3.8, 4) is 0 Å². The first-order valence-corrected chi connectivity index (χ1v) is 5.31. The SMILES string of the molecule is CC1(C)C2OCCCC2C1(N)C(=O)NO. The number of nitrogens with one attached hydrogen (secondary N) is 1. The van der Waals surface area contributed by atoms with Crippen molar-refractivity contribution >= 4 is 5.91 Å². The minimum absolute atomic E-state index is 0.0217. The van der Waals surface area contributed by atoms with Crippen LogP contribution >= 0.6 is 0 Å². The zero-order valence-corrected chi connectivity index (χ0v) is 9.12. The minimum Gasteiger partial charge on any atom is -0.377 e. The summed E-state index contributed by atoms with van der Waals surface area (Å²) in [5, 5.41) is 8.74. The Labute approximate surface area is 88.9 Å². The maximum absolute atomic E-state index is 11.6. The Hall–Kier alpha value is -0.650. The molecule has 0 aromatic heterocycles. The number of fused-ring (bicyclic) bond motifs is 1.